The van der Waals surface area contributed by atoms with E-state index in [0.717, 1.165) is 5.75 Å². The van der Waals surface area contributed by atoms with Gasteiger partial charge in [0.05, 0.1) is 6.04 Å². The Kier molecular flexibility index (Phi) is 5.18. The van der Waals surface area contributed by atoms with Crippen LogP contribution in [-0.2, 0) is 0 Å². The van der Waals surface area contributed by atoms with E-state index in [9.17, 15) is 0 Å². The van der Waals surface area contributed by atoms with E-state index in [-0.39, 0.29) is 12.1 Å². The van der Waals surface area contributed by atoms with Gasteiger partial charge < -0.3 is 10.1 Å². The zero-order valence-corrected chi connectivity index (χ0v) is 10.3. The van der Waals surface area contributed by atoms with E-state index in [1.165, 1.54) is 0 Å². The first kappa shape index (κ1) is 12.9. The fraction of sp³-hybridized carbons (Fsp3) is 0.385. The molecule has 0 amide bonds. The van der Waals surface area contributed by atoms with Crippen molar-refractivity contribution < 1.29 is 4.74 Å². The predicted molar refractivity (Wildman–Crippen MR) is 67.8 cm³/mol. The molecule has 2 nitrogen and oxygen atoms in total. The molecule has 0 fully saturated rings. The van der Waals surface area contributed by atoms with Crippen LogP contribution in [0.15, 0.2) is 24.3 Å². The van der Waals surface area contributed by atoms with Crippen LogP contribution in [0.1, 0.15) is 13.3 Å². The highest BCUT2D eigenvalue weighted by Gasteiger charge is 2.15. The maximum atomic E-state index is 5.87. The molecule has 0 radical (unpaired) electrons. The average molecular weight is 238 g/mol. The lowest BCUT2D eigenvalue weighted by Crippen LogP contribution is -2.39. The van der Waals surface area contributed by atoms with Crippen molar-refractivity contribution >= 4 is 11.6 Å². The fourth-order valence-corrected chi connectivity index (χ4v) is 1.65. The number of benzene rings is 1. The first-order valence-electron chi connectivity index (χ1n) is 5.20. The van der Waals surface area contributed by atoms with Gasteiger partial charge in [0.2, 0.25) is 0 Å². The highest BCUT2D eigenvalue weighted by Crippen LogP contribution is 2.19. The van der Waals surface area contributed by atoms with Gasteiger partial charge in [0, 0.05) is 11.4 Å². The Morgan fingerprint density at radius 2 is 2.31 bits per heavy atom. The molecule has 0 aliphatic carbocycles. The Morgan fingerprint density at radius 1 is 1.56 bits per heavy atom. The second-order valence-corrected chi connectivity index (χ2v) is 4.02. The summed E-state index contributed by atoms with van der Waals surface area (Å²) in [5, 5.41) is 3.81. The van der Waals surface area contributed by atoms with Crippen LogP contribution < -0.4 is 10.1 Å². The van der Waals surface area contributed by atoms with Gasteiger partial charge in [0.15, 0.2) is 0 Å². The summed E-state index contributed by atoms with van der Waals surface area (Å²) in [5.74, 6) is 3.39. The first-order valence-corrected chi connectivity index (χ1v) is 5.58. The molecule has 0 saturated heterocycles. The van der Waals surface area contributed by atoms with Crippen LogP contribution in [0.25, 0.3) is 0 Å². The molecule has 0 saturated carbocycles. The molecule has 16 heavy (non-hydrogen) atoms. The minimum absolute atomic E-state index is 0.000448. The van der Waals surface area contributed by atoms with Crippen LogP contribution in [0.4, 0.5) is 0 Å². The summed E-state index contributed by atoms with van der Waals surface area (Å²) in [7, 11) is 1.87. The van der Waals surface area contributed by atoms with E-state index in [2.05, 4.69) is 11.2 Å². The maximum Gasteiger partial charge on any atom is 0.121 e. The monoisotopic (exact) mass is 237 g/mol. The van der Waals surface area contributed by atoms with E-state index in [1.54, 1.807) is 6.07 Å². The maximum absolute atomic E-state index is 5.87. The number of terminal acetylenes is 1. The Bertz CT molecular complexity index is 372. The van der Waals surface area contributed by atoms with Crippen LogP contribution in [0.5, 0.6) is 5.75 Å². The number of likely N-dealkylation sites (N-methyl/N-ethyl adjacent to an activating group) is 1. The molecule has 86 valence electrons. The SMILES string of the molecule is C#CCC(NC)C(C)Oc1cccc(Cl)c1. The number of ether oxygens (including phenoxy) is 1. The standard InChI is InChI=1S/C13H16ClNO/c1-4-6-13(15-3)10(2)16-12-8-5-7-11(14)9-12/h1,5,7-10,13,15H,6H2,2-3H3. The predicted octanol–water partition coefficient (Wildman–Crippen LogP) is 2.72. The Labute approximate surface area is 102 Å². The van der Waals surface area contributed by atoms with Crippen molar-refractivity contribution in [1.29, 1.82) is 0 Å². The molecule has 0 bridgehead atoms. The molecule has 1 N–H and O–H groups in total. The lowest BCUT2D eigenvalue weighted by molar-refractivity contribution is 0.176. The minimum Gasteiger partial charge on any atom is -0.489 e. The van der Waals surface area contributed by atoms with Gasteiger partial charge in [-0.15, -0.1) is 12.3 Å². The summed E-state index contributed by atoms with van der Waals surface area (Å²) in [6.07, 6.45) is 5.93. The number of rotatable bonds is 5. The molecule has 0 heterocycles. The molecule has 1 aromatic rings. The molecule has 1 aromatic carbocycles. The van der Waals surface area contributed by atoms with Crippen molar-refractivity contribution in [3.63, 3.8) is 0 Å². The fourth-order valence-electron chi connectivity index (χ4n) is 1.47. The summed E-state index contributed by atoms with van der Waals surface area (Å²) in [6, 6.07) is 7.49. The first-order chi connectivity index (χ1) is 7.67. The van der Waals surface area contributed by atoms with E-state index in [0.29, 0.717) is 11.4 Å². The third-order valence-corrected chi connectivity index (χ3v) is 2.63. The minimum atomic E-state index is -0.000448. The molecular formula is C13H16ClNO. The topological polar surface area (TPSA) is 21.3 Å². The smallest absolute Gasteiger partial charge is 0.121 e. The van der Waals surface area contributed by atoms with E-state index >= 15 is 0 Å². The summed E-state index contributed by atoms with van der Waals surface area (Å²) in [4.78, 5) is 0. The molecule has 0 aromatic heterocycles. The van der Waals surface area contributed by atoms with Gasteiger partial charge in [-0.05, 0) is 32.2 Å². The van der Waals surface area contributed by atoms with Gasteiger partial charge in [0.25, 0.3) is 0 Å². The lowest BCUT2D eigenvalue weighted by Gasteiger charge is -2.23. The van der Waals surface area contributed by atoms with Crippen molar-refractivity contribution in [2.24, 2.45) is 0 Å². The summed E-state index contributed by atoms with van der Waals surface area (Å²) >= 11 is 5.87. The van der Waals surface area contributed by atoms with Crippen molar-refractivity contribution in [3.8, 4) is 18.1 Å². The molecule has 2 unspecified atom stereocenters. The number of hydrogen-bond donors (Lipinski definition) is 1. The van der Waals surface area contributed by atoms with E-state index < -0.39 is 0 Å². The zero-order chi connectivity index (χ0) is 12.0. The van der Waals surface area contributed by atoms with Crippen LogP contribution in [0.3, 0.4) is 0 Å². The third kappa shape index (κ3) is 3.77. The van der Waals surface area contributed by atoms with Crippen LogP contribution in [0.2, 0.25) is 5.02 Å². The Morgan fingerprint density at radius 3 is 2.88 bits per heavy atom. The Hall–Kier alpha value is -1.17. The van der Waals surface area contributed by atoms with Gasteiger partial charge in [-0.2, -0.15) is 0 Å². The largest absolute Gasteiger partial charge is 0.489 e. The normalized spacial score (nSPS) is 13.9. The number of halogens is 1. The summed E-state index contributed by atoms with van der Waals surface area (Å²) in [6.45, 7) is 1.99. The second kappa shape index (κ2) is 6.42. The Balaban J connectivity index is 2.63. The van der Waals surface area contributed by atoms with Crippen LogP contribution in [0, 0.1) is 12.3 Å². The van der Waals surface area contributed by atoms with Crippen LogP contribution >= 0.6 is 11.6 Å². The molecule has 3 heteroatoms. The molecular weight excluding hydrogens is 222 g/mol. The van der Waals surface area contributed by atoms with Gasteiger partial charge in [-0.3, -0.25) is 0 Å². The number of nitrogens with one attached hydrogen (secondary N) is 1. The summed E-state index contributed by atoms with van der Waals surface area (Å²) in [5.41, 5.74) is 0. The molecule has 0 aliphatic heterocycles. The van der Waals surface area contributed by atoms with Crippen LogP contribution in [-0.4, -0.2) is 19.2 Å². The van der Waals surface area contributed by atoms with Crippen molar-refractivity contribution in [2.45, 2.75) is 25.5 Å². The van der Waals surface area contributed by atoms with Crippen molar-refractivity contribution in [2.75, 3.05) is 7.05 Å². The molecule has 1 rings (SSSR count). The highest BCUT2D eigenvalue weighted by molar-refractivity contribution is 6.30. The van der Waals surface area contributed by atoms with Gasteiger partial charge in [-0.1, -0.05) is 17.7 Å². The van der Waals surface area contributed by atoms with Gasteiger partial charge >= 0.3 is 0 Å². The zero-order valence-electron chi connectivity index (χ0n) is 9.53. The van der Waals surface area contributed by atoms with E-state index in [1.807, 2.05) is 32.2 Å². The molecule has 2 atom stereocenters. The third-order valence-electron chi connectivity index (χ3n) is 2.39. The second-order valence-electron chi connectivity index (χ2n) is 3.58. The van der Waals surface area contributed by atoms with Gasteiger partial charge in [-0.25, -0.2) is 0 Å². The molecule has 0 spiro atoms. The van der Waals surface area contributed by atoms with Gasteiger partial charge in [0.1, 0.15) is 11.9 Å². The number of hydrogen-bond acceptors (Lipinski definition) is 2. The highest BCUT2D eigenvalue weighted by atomic mass is 35.5. The van der Waals surface area contributed by atoms with Crippen molar-refractivity contribution in [1.82, 2.24) is 5.32 Å². The van der Waals surface area contributed by atoms with E-state index in [4.69, 9.17) is 22.8 Å². The van der Waals surface area contributed by atoms with Crippen molar-refractivity contribution in [3.05, 3.63) is 29.3 Å². The quantitative estimate of drug-likeness (QED) is 0.796. The molecule has 0 aliphatic rings. The lowest BCUT2D eigenvalue weighted by atomic mass is 10.1. The summed E-state index contributed by atoms with van der Waals surface area (Å²) < 4.78 is 5.76. The average Bonchev–Trinajstić information content (AvgIpc) is 2.25.